The fraction of sp³-hybridized carbons (Fsp3) is 0.231. The second-order valence-electron chi connectivity index (χ2n) is 8.06. The standard InChI is InChI=1S/C26H27N5O2S/c1-4-5-7-18-10-12-20(13-11-18)31-29-23-14-17(2)22(16-24(23)30-31)27-26(34)28-25(32)19-8-6-9-21(15-19)33-3/h6,8-16H,4-5,7H2,1-3H3,(H2,27,28,32,34). The summed E-state index contributed by atoms with van der Waals surface area (Å²) in [4.78, 5) is 14.2. The maximum atomic E-state index is 12.5. The molecule has 8 heteroatoms. The quantitative estimate of drug-likeness (QED) is 0.359. The normalized spacial score (nSPS) is 10.8. The van der Waals surface area contributed by atoms with Gasteiger partial charge in [0.05, 0.1) is 12.8 Å². The molecule has 174 valence electrons. The van der Waals surface area contributed by atoms with Crippen molar-refractivity contribution in [1.29, 1.82) is 0 Å². The summed E-state index contributed by atoms with van der Waals surface area (Å²) in [6.07, 6.45) is 3.44. The number of carbonyl (C=O) groups is 1. The van der Waals surface area contributed by atoms with E-state index < -0.39 is 0 Å². The van der Waals surface area contributed by atoms with Gasteiger partial charge in [-0.25, -0.2) is 0 Å². The van der Waals surface area contributed by atoms with Gasteiger partial charge in [-0.2, -0.15) is 4.80 Å². The molecule has 7 nitrogen and oxygen atoms in total. The smallest absolute Gasteiger partial charge is 0.257 e. The van der Waals surface area contributed by atoms with Crippen LogP contribution in [0, 0.1) is 6.92 Å². The third-order valence-electron chi connectivity index (χ3n) is 5.52. The molecule has 2 N–H and O–H groups in total. The Morgan fingerprint density at radius 3 is 2.50 bits per heavy atom. The number of unbranched alkanes of at least 4 members (excludes halogenated alkanes) is 1. The minimum atomic E-state index is -0.316. The second-order valence-corrected chi connectivity index (χ2v) is 8.46. The molecule has 0 saturated carbocycles. The molecule has 3 aromatic carbocycles. The first-order chi connectivity index (χ1) is 16.5. The van der Waals surface area contributed by atoms with Crippen molar-refractivity contribution in [1.82, 2.24) is 20.3 Å². The van der Waals surface area contributed by atoms with Crippen LogP contribution in [-0.2, 0) is 6.42 Å². The van der Waals surface area contributed by atoms with Gasteiger partial charge in [0.15, 0.2) is 5.11 Å². The SMILES string of the molecule is CCCCc1ccc(-n2nc3cc(C)c(NC(=S)NC(=O)c4cccc(OC)c4)cc3n2)cc1. The van der Waals surface area contributed by atoms with Crippen LogP contribution in [0.4, 0.5) is 5.69 Å². The molecule has 0 aliphatic heterocycles. The number of ether oxygens (including phenoxy) is 1. The minimum Gasteiger partial charge on any atom is -0.497 e. The Labute approximate surface area is 204 Å². The average molecular weight is 474 g/mol. The van der Waals surface area contributed by atoms with E-state index in [2.05, 4.69) is 39.9 Å². The van der Waals surface area contributed by atoms with E-state index in [1.807, 2.05) is 31.2 Å². The zero-order valence-corrected chi connectivity index (χ0v) is 20.3. The molecule has 0 bridgehead atoms. The van der Waals surface area contributed by atoms with Gasteiger partial charge in [0.1, 0.15) is 16.8 Å². The topological polar surface area (TPSA) is 81.1 Å². The van der Waals surface area contributed by atoms with Crippen LogP contribution >= 0.6 is 12.2 Å². The number of methoxy groups -OCH3 is 1. The van der Waals surface area contributed by atoms with Crippen molar-refractivity contribution < 1.29 is 9.53 Å². The zero-order valence-electron chi connectivity index (χ0n) is 19.5. The van der Waals surface area contributed by atoms with Gasteiger partial charge in [-0.15, -0.1) is 10.2 Å². The first-order valence-electron chi connectivity index (χ1n) is 11.2. The number of aromatic nitrogens is 3. The van der Waals surface area contributed by atoms with Crippen molar-refractivity contribution in [3.63, 3.8) is 0 Å². The third kappa shape index (κ3) is 5.40. The molecular formula is C26H27N5O2S. The number of fused-ring (bicyclic) bond motifs is 1. The van der Waals surface area contributed by atoms with Crippen molar-refractivity contribution in [2.24, 2.45) is 0 Å². The van der Waals surface area contributed by atoms with E-state index in [-0.39, 0.29) is 11.0 Å². The van der Waals surface area contributed by atoms with E-state index in [4.69, 9.17) is 17.0 Å². The molecule has 0 unspecified atom stereocenters. The van der Waals surface area contributed by atoms with E-state index in [1.165, 1.54) is 18.4 Å². The highest BCUT2D eigenvalue weighted by Gasteiger charge is 2.12. The van der Waals surface area contributed by atoms with E-state index >= 15 is 0 Å². The van der Waals surface area contributed by atoms with E-state index in [0.29, 0.717) is 11.3 Å². The van der Waals surface area contributed by atoms with Gasteiger partial charge in [0.25, 0.3) is 5.91 Å². The van der Waals surface area contributed by atoms with Gasteiger partial charge in [-0.1, -0.05) is 31.5 Å². The number of hydrogen-bond acceptors (Lipinski definition) is 5. The lowest BCUT2D eigenvalue weighted by molar-refractivity contribution is 0.0977. The van der Waals surface area contributed by atoms with Crippen molar-refractivity contribution in [3.8, 4) is 11.4 Å². The molecule has 34 heavy (non-hydrogen) atoms. The Morgan fingerprint density at radius 2 is 1.79 bits per heavy atom. The number of benzene rings is 3. The van der Waals surface area contributed by atoms with Gasteiger partial charge < -0.3 is 10.1 Å². The lowest BCUT2D eigenvalue weighted by Crippen LogP contribution is -2.34. The summed E-state index contributed by atoms with van der Waals surface area (Å²) < 4.78 is 5.17. The number of carbonyl (C=O) groups excluding carboxylic acids is 1. The van der Waals surface area contributed by atoms with E-state index in [0.717, 1.165) is 34.4 Å². The lowest BCUT2D eigenvalue weighted by atomic mass is 10.1. The number of aryl methyl sites for hydroxylation is 2. The second kappa shape index (κ2) is 10.4. The molecule has 4 aromatic rings. The molecule has 0 atom stereocenters. The van der Waals surface area contributed by atoms with Crippen molar-refractivity contribution in [2.75, 3.05) is 12.4 Å². The highest BCUT2D eigenvalue weighted by molar-refractivity contribution is 7.80. The molecule has 1 aromatic heterocycles. The first-order valence-corrected chi connectivity index (χ1v) is 11.6. The lowest BCUT2D eigenvalue weighted by Gasteiger charge is -2.12. The summed E-state index contributed by atoms with van der Waals surface area (Å²) in [5.74, 6) is 0.287. The molecule has 1 amide bonds. The Balaban J connectivity index is 1.48. The Kier molecular flexibility index (Phi) is 7.18. The van der Waals surface area contributed by atoms with Gasteiger partial charge in [-0.05, 0) is 85.6 Å². The molecular weight excluding hydrogens is 446 g/mol. The van der Waals surface area contributed by atoms with Crippen LogP contribution in [0.3, 0.4) is 0 Å². The number of rotatable bonds is 7. The highest BCUT2D eigenvalue weighted by atomic mass is 32.1. The molecule has 0 saturated heterocycles. The van der Waals surface area contributed by atoms with Gasteiger partial charge in [0, 0.05) is 11.3 Å². The van der Waals surface area contributed by atoms with Gasteiger partial charge in [-0.3, -0.25) is 10.1 Å². The summed E-state index contributed by atoms with van der Waals surface area (Å²) in [6.45, 7) is 4.15. The molecule has 0 spiro atoms. The first kappa shape index (κ1) is 23.4. The predicted octanol–water partition coefficient (Wildman–Crippen LogP) is 5.21. The number of thiocarbonyl (C=S) groups is 1. The van der Waals surface area contributed by atoms with Crippen molar-refractivity contribution in [2.45, 2.75) is 33.1 Å². The average Bonchev–Trinajstić information content (AvgIpc) is 3.25. The fourth-order valence-corrected chi connectivity index (χ4v) is 3.79. The minimum absolute atomic E-state index is 0.199. The van der Waals surface area contributed by atoms with E-state index in [1.54, 1.807) is 36.2 Å². The molecule has 0 radical (unpaired) electrons. The summed E-state index contributed by atoms with van der Waals surface area (Å²) in [7, 11) is 1.56. The van der Waals surface area contributed by atoms with Crippen LogP contribution in [0.15, 0.2) is 60.7 Å². The monoisotopic (exact) mass is 473 g/mol. The Hall–Kier alpha value is -3.78. The molecule has 0 fully saturated rings. The summed E-state index contributed by atoms with van der Waals surface area (Å²) in [6, 6.07) is 19.1. The van der Waals surface area contributed by atoms with Crippen molar-refractivity contribution >= 4 is 40.0 Å². The molecule has 4 rings (SSSR count). The van der Waals surface area contributed by atoms with Gasteiger partial charge in [0.2, 0.25) is 0 Å². The van der Waals surface area contributed by atoms with Crippen LogP contribution in [-0.4, -0.2) is 33.1 Å². The van der Waals surface area contributed by atoms with Crippen LogP contribution in [0.25, 0.3) is 16.7 Å². The number of nitrogens with zero attached hydrogens (tertiary/aromatic N) is 3. The maximum absolute atomic E-state index is 12.5. The molecule has 0 aliphatic rings. The Bertz CT molecular complexity index is 1330. The summed E-state index contributed by atoms with van der Waals surface area (Å²) >= 11 is 5.36. The largest absolute Gasteiger partial charge is 0.497 e. The zero-order chi connectivity index (χ0) is 24.1. The van der Waals surface area contributed by atoms with Crippen LogP contribution in [0.5, 0.6) is 5.75 Å². The third-order valence-corrected chi connectivity index (χ3v) is 5.72. The molecule has 1 heterocycles. The maximum Gasteiger partial charge on any atom is 0.257 e. The van der Waals surface area contributed by atoms with Crippen molar-refractivity contribution in [3.05, 3.63) is 77.4 Å². The summed E-state index contributed by atoms with van der Waals surface area (Å²) in [5.41, 5.74) is 5.88. The van der Waals surface area contributed by atoms with E-state index in [9.17, 15) is 4.79 Å². The van der Waals surface area contributed by atoms with Gasteiger partial charge >= 0.3 is 0 Å². The number of hydrogen-bond donors (Lipinski definition) is 2. The number of anilines is 1. The van der Waals surface area contributed by atoms with Crippen LogP contribution in [0.2, 0.25) is 0 Å². The summed E-state index contributed by atoms with van der Waals surface area (Å²) in [5, 5.41) is 15.3. The predicted molar refractivity (Wildman–Crippen MR) is 139 cm³/mol. The number of nitrogens with one attached hydrogen (secondary N) is 2. The van der Waals surface area contributed by atoms with Crippen LogP contribution < -0.4 is 15.4 Å². The highest BCUT2D eigenvalue weighted by Crippen LogP contribution is 2.22. The number of amides is 1. The fourth-order valence-electron chi connectivity index (χ4n) is 3.59. The Morgan fingerprint density at radius 1 is 1.06 bits per heavy atom. The molecule has 0 aliphatic carbocycles. The van der Waals surface area contributed by atoms with Crippen LogP contribution in [0.1, 0.15) is 41.3 Å².